The second kappa shape index (κ2) is 9.07. The number of nitrogens with zero attached hydrogens (tertiary/aromatic N) is 4. The van der Waals surface area contributed by atoms with Crippen molar-refractivity contribution in [3.8, 4) is 11.3 Å². The first-order chi connectivity index (χ1) is 13.4. The molecule has 152 valence electrons. The zero-order valence-corrected chi connectivity index (χ0v) is 16.5. The maximum atomic E-state index is 11.0. The Kier molecular flexibility index (Phi) is 6.53. The summed E-state index contributed by atoms with van der Waals surface area (Å²) >= 11 is 0. The van der Waals surface area contributed by atoms with Crippen LogP contribution in [0, 0.1) is 0 Å². The summed E-state index contributed by atoms with van der Waals surface area (Å²) in [4.78, 5) is 14.4. The van der Waals surface area contributed by atoms with Gasteiger partial charge in [0.05, 0.1) is 5.69 Å². The molecule has 1 aromatic carbocycles. The van der Waals surface area contributed by atoms with Gasteiger partial charge in [-0.3, -0.25) is 0 Å². The van der Waals surface area contributed by atoms with Crippen molar-refractivity contribution < 1.29 is 14.6 Å². The fraction of sp³-hybridized carbons (Fsp3) is 0.500. The van der Waals surface area contributed by atoms with Crippen LogP contribution >= 0.6 is 0 Å². The number of nitrogen functional groups attached to an aromatic ring is 1. The van der Waals surface area contributed by atoms with E-state index >= 15 is 0 Å². The van der Waals surface area contributed by atoms with E-state index in [2.05, 4.69) is 11.1 Å². The fourth-order valence-electron chi connectivity index (χ4n) is 3.30. The summed E-state index contributed by atoms with van der Waals surface area (Å²) in [6.07, 6.45) is 4.30. The number of ether oxygens (including phenoxy) is 1. The first kappa shape index (κ1) is 20.2. The van der Waals surface area contributed by atoms with E-state index in [-0.39, 0.29) is 6.23 Å². The molecule has 0 spiro atoms. The summed E-state index contributed by atoms with van der Waals surface area (Å²) in [6.45, 7) is 2.51. The molecule has 1 saturated heterocycles. The SMILES string of the molecule is CN(CCN(C)C(=O)O)Cc1cn(C2CCCCO2)nc1-c1ccc(N)cc1. The highest BCUT2D eigenvalue weighted by Gasteiger charge is 2.21. The van der Waals surface area contributed by atoms with Gasteiger partial charge in [0.15, 0.2) is 0 Å². The monoisotopic (exact) mass is 387 g/mol. The number of anilines is 1. The smallest absolute Gasteiger partial charge is 0.407 e. The van der Waals surface area contributed by atoms with E-state index < -0.39 is 6.09 Å². The second-order valence-electron chi connectivity index (χ2n) is 7.37. The van der Waals surface area contributed by atoms with Crippen LogP contribution in [-0.2, 0) is 11.3 Å². The molecule has 28 heavy (non-hydrogen) atoms. The molecule has 8 nitrogen and oxygen atoms in total. The fourth-order valence-corrected chi connectivity index (χ4v) is 3.30. The molecule has 0 saturated carbocycles. The molecule has 1 fully saturated rings. The minimum atomic E-state index is -0.918. The van der Waals surface area contributed by atoms with Crippen molar-refractivity contribution in [1.82, 2.24) is 19.6 Å². The first-order valence-electron chi connectivity index (χ1n) is 9.62. The van der Waals surface area contributed by atoms with Crippen molar-refractivity contribution in [3.63, 3.8) is 0 Å². The predicted molar refractivity (Wildman–Crippen MR) is 108 cm³/mol. The van der Waals surface area contributed by atoms with Crippen molar-refractivity contribution in [1.29, 1.82) is 0 Å². The Balaban J connectivity index is 1.79. The maximum Gasteiger partial charge on any atom is 0.407 e. The van der Waals surface area contributed by atoms with Crippen LogP contribution < -0.4 is 5.73 Å². The normalized spacial score (nSPS) is 17.0. The van der Waals surface area contributed by atoms with E-state index in [1.54, 1.807) is 7.05 Å². The minimum Gasteiger partial charge on any atom is -0.465 e. The third-order valence-electron chi connectivity index (χ3n) is 5.03. The molecule has 0 aliphatic carbocycles. The van der Waals surface area contributed by atoms with E-state index in [1.165, 1.54) is 4.90 Å². The zero-order chi connectivity index (χ0) is 20.1. The number of likely N-dealkylation sites (N-methyl/N-ethyl adjacent to an activating group) is 2. The van der Waals surface area contributed by atoms with Crippen molar-refractivity contribution in [2.75, 3.05) is 39.5 Å². The number of hydrogen-bond donors (Lipinski definition) is 2. The molecule has 3 rings (SSSR count). The number of amides is 1. The molecule has 1 aliphatic heterocycles. The average Bonchev–Trinajstić information content (AvgIpc) is 3.11. The summed E-state index contributed by atoms with van der Waals surface area (Å²) in [6, 6.07) is 7.71. The molecular weight excluding hydrogens is 358 g/mol. The van der Waals surface area contributed by atoms with Crippen LogP contribution in [0.15, 0.2) is 30.5 Å². The third kappa shape index (κ3) is 5.02. The number of carboxylic acid groups (broad SMARTS) is 1. The van der Waals surface area contributed by atoms with Gasteiger partial charge in [0.25, 0.3) is 0 Å². The molecular formula is C20H29N5O3. The van der Waals surface area contributed by atoms with Gasteiger partial charge in [-0.15, -0.1) is 0 Å². The lowest BCUT2D eigenvalue weighted by atomic mass is 10.1. The summed E-state index contributed by atoms with van der Waals surface area (Å²) in [5, 5.41) is 13.8. The van der Waals surface area contributed by atoms with Gasteiger partial charge in [-0.2, -0.15) is 5.10 Å². The van der Waals surface area contributed by atoms with Crippen molar-refractivity contribution in [2.45, 2.75) is 32.0 Å². The van der Waals surface area contributed by atoms with Crippen molar-refractivity contribution in [2.24, 2.45) is 0 Å². The Hall–Kier alpha value is -2.58. The lowest BCUT2D eigenvalue weighted by Gasteiger charge is -2.22. The summed E-state index contributed by atoms with van der Waals surface area (Å²) < 4.78 is 7.82. The van der Waals surface area contributed by atoms with Crippen LogP contribution in [0.1, 0.15) is 31.1 Å². The Morgan fingerprint density at radius 2 is 2.04 bits per heavy atom. The van der Waals surface area contributed by atoms with E-state index in [0.29, 0.717) is 25.3 Å². The Morgan fingerprint density at radius 3 is 2.68 bits per heavy atom. The number of aromatic nitrogens is 2. The molecule has 2 aromatic rings. The first-order valence-corrected chi connectivity index (χ1v) is 9.62. The van der Waals surface area contributed by atoms with Crippen LogP contribution in [0.25, 0.3) is 11.3 Å². The van der Waals surface area contributed by atoms with E-state index in [4.69, 9.17) is 20.7 Å². The number of benzene rings is 1. The maximum absolute atomic E-state index is 11.0. The Labute approximate surface area is 165 Å². The summed E-state index contributed by atoms with van der Waals surface area (Å²) in [5.74, 6) is 0. The molecule has 0 bridgehead atoms. The lowest BCUT2D eigenvalue weighted by molar-refractivity contribution is -0.0394. The van der Waals surface area contributed by atoms with E-state index in [0.717, 1.165) is 42.7 Å². The predicted octanol–water partition coefficient (Wildman–Crippen LogP) is 2.87. The highest BCUT2D eigenvalue weighted by Crippen LogP contribution is 2.28. The van der Waals surface area contributed by atoms with Gasteiger partial charge in [-0.05, 0) is 38.4 Å². The van der Waals surface area contributed by atoms with Gasteiger partial charge < -0.3 is 25.4 Å². The Bertz CT molecular complexity index is 784. The van der Waals surface area contributed by atoms with Gasteiger partial charge in [0.2, 0.25) is 0 Å². The molecule has 8 heteroatoms. The highest BCUT2D eigenvalue weighted by molar-refractivity contribution is 5.65. The number of rotatable bonds is 7. The zero-order valence-electron chi connectivity index (χ0n) is 16.5. The summed E-state index contributed by atoms with van der Waals surface area (Å²) in [5.41, 5.74) is 9.55. The standard InChI is InChI=1S/C20H29N5O3/c1-23(10-11-24(2)20(26)27)13-16-14-25(18-5-3-4-12-28-18)22-19(16)15-6-8-17(21)9-7-15/h6-9,14,18H,3-5,10-13,21H2,1-2H3,(H,26,27). The molecule has 1 amide bonds. The molecule has 3 N–H and O–H groups in total. The van der Waals surface area contributed by atoms with Crippen LogP contribution in [0.3, 0.4) is 0 Å². The largest absolute Gasteiger partial charge is 0.465 e. The average molecular weight is 387 g/mol. The lowest BCUT2D eigenvalue weighted by Crippen LogP contribution is -2.33. The highest BCUT2D eigenvalue weighted by atomic mass is 16.5. The number of nitrogens with two attached hydrogens (primary N) is 1. The van der Waals surface area contributed by atoms with Crippen molar-refractivity contribution in [3.05, 3.63) is 36.0 Å². The minimum absolute atomic E-state index is 0.0292. The molecule has 1 unspecified atom stereocenters. The van der Waals surface area contributed by atoms with Gasteiger partial charge in [-0.25, -0.2) is 9.48 Å². The second-order valence-corrected chi connectivity index (χ2v) is 7.37. The van der Waals surface area contributed by atoms with Gasteiger partial charge in [-0.1, -0.05) is 12.1 Å². The molecule has 1 atom stereocenters. The topological polar surface area (TPSA) is 96.8 Å². The Morgan fingerprint density at radius 1 is 1.29 bits per heavy atom. The van der Waals surface area contributed by atoms with Gasteiger partial charge in [0.1, 0.15) is 6.23 Å². The van der Waals surface area contributed by atoms with Crippen molar-refractivity contribution >= 4 is 11.8 Å². The van der Waals surface area contributed by atoms with Crippen LogP contribution in [0.4, 0.5) is 10.5 Å². The number of carbonyl (C=O) groups is 1. The van der Waals surface area contributed by atoms with Gasteiger partial charge >= 0.3 is 6.09 Å². The van der Waals surface area contributed by atoms with Gasteiger partial charge in [0, 0.05) is 56.3 Å². The van der Waals surface area contributed by atoms with Crippen LogP contribution in [-0.4, -0.2) is 64.6 Å². The van der Waals surface area contributed by atoms with E-state index in [9.17, 15) is 4.79 Å². The summed E-state index contributed by atoms with van der Waals surface area (Å²) in [7, 11) is 3.56. The third-order valence-corrected chi connectivity index (χ3v) is 5.03. The van der Waals surface area contributed by atoms with Crippen LogP contribution in [0.5, 0.6) is 0 Å². The van der Waals surface area contributed by atoms with E-state index in [1.807, 2.05) is 36.0 Å². The van der Waals surface area contributed by atoms with Crippen LogP contribution in [0.2, 0.25) is 0 Å². The number of hydrogen-bond acceptors (Lipinski definition) is 5. The quantitative estimate of drug-likeness (QED) is 0.709. The molecule has 1 aliphatic rings. The molecule has 0 radical (unpaired) electrons. The molecule has 2 heterocycles. The molecule has 1 aromatic heterocycles.